The molecular formula is C13H15BrClNO. The van der Waals surface area contributed by atoms with Crippen LogP contribution in [0.3, 0.4) is 0 Å². The van der Waals surface area contributed by atoms with Gasteiger partial charge in [0.1, 0.15) is 0 Å². The second kappa shape index (κ2) is 4.99. The molecule has 1 aromatic carbocycles. The molecule has 2 rings (SSSR count). The Balaban J connectivity index is 1.99. The van der Waals surface area contributed by atoms with E-state index in [1.807, 2.05) is 25.1 Å². The van der Waals surface area contributed by atoms with Crippen LogP contribution in [0.1, 0.15) is 28.8 Å². The fourth-order valence-electron chi connectivity index (χ4n) is 1.77. The summed E-state index contributed by atoms with van der Waals surface area (Å²) in [6, 6.07) is 5.71. The number of carbonyl (C=O) groups is 1. The highest BCUT2D eigenvalue weighted by atomic mass is 79.9. The van der Waals surface area contributed by atoms with Crippen LogP contribution in [-0.2, 0) is 0 Å². The number of aryl methyl sites for hydroxylation is 1. The van der Waals surface area contributed by atoms with Gasteiger partial charge >= 0.3 is 0 Å². The number of halogens is 2. The normalized spacial score (nSPS) is 16.6. The molecule has 1 aliphatic carbocycles. The predicted molar refractivity (Wildman–Crippen MR) is 73.6 cm³/mol. The maximum atomic E-state index is 12.0. The van der Waals surface area contributed by atoms with E-state index in [9.17, 15) is 4.79 Å². The Labute approximate surface area is 115 Å². The monoisotopic (exact) mass is 315 g/mol. The summed E-state index contributed by atoms with van der Waals surface area (Å²) in [5, 5.41) is 2.96. The van der Waals surface area contributed by atoms with Gasteiger partial charge in [-0.25, -0.2) is 0 Å². The van der Waals surface area contributed by atoms with Crippen LogP contribution in [0.25, 0.3) is 0 Å². The summed E-state index contributed by atoms with van der Waals surface area (Å²) in [5.41, 5.74) is 1.93. The molecule has 1 amide bonds. The molecule has 1 aromatic rings. The minimum atomic E-state index is -0.0224. The summed E-state index contributed by atoms with van der Waals surface area (Å²) in [6.45, 7) is 2.66. The van der Waals surface area contributed by atoms with E-state index in [4.69, 9.17) is 11.6 Å². The van der Waals surface area contributed by atoms with Crippen LogP contribution < -0.4 is 5.32 Å². The fourth-order valence-corrected chi connectivity index (χ4v) is 2.74. The molecule has 1 aliphatic rings. The van der Waals surface area contributed by atoms with E-state index in [1.54, 1.807) is 0 Å². The molecular weight excluding hydrogens is 302 g/mol. The predicted octanol–water partition coefficient (Wildman–Crippen LogP) is 3.51. The lowest BCUT2D eigenvalue weighted by Gasteiger charge is -2.12. The summed E-state index contributed by atoms with van der Waals surface area (Å²) in [4.78, 5) is 12.0. The lowest BCUT2D eigenvalue weighted by Crippen LogP contribution is -2.31. The van der Waals surface area contributed by atoms with Gasteiger partial charge in [-0.3, -0.25) is 4.79 Å². The largest absolute Gasteiger partial charge is 0.351 e. The molecule has 92 valence electrons. The number of hydrogen-bond acceptors (Lipinski definition) is 1. The van der Waals surface area contributed by atoms with Crippen molar-refractivity contribution in [2.45, 2.75) is 19.8 Å². The fraction of sp³-hybridized carbons (Fsp3) is 0.462. The van der Waals surface area contributed by atoms with Gasteiger partial charge in [0.05, 0.1) is 0 Å². The third kappa shape index (κ3) is 3.23. The van der Waals surface area contributed by atoms with E-state index in [1.165, 1.54) is 0 Å². The van der Waals surface area contributed by atoms with Crippen molar-refractivity contribution in [3.05, 3.63) is 33.8 Å². The first-order chi connectivity index (χ1) is 8.04. The lowest BCUT2D eigenvalue weighted by molar-refractivity contribution is 0.0946. The summed E-state index contributed by atoms with van der Waals surface area (Å²) in [6.07, 6.45) is 2.24. The molecule has 0 heterocycles. The van der Waals surface area contributed by atoms with E-state index in [-0.39, 0.29) is 11.3 Å². The Hall–Kier alpha value is -0.540. The van der Waals surface area contributed by atoms with Gasteiger partial charge in [-0.2, -0.15) is 0 Å². The number of rotatable bonds is 4. The molecule has 1 saturated carbocycles. The highest BCUT2D eigenvalue weighted by Gasteiger charge is 2.41. The van der Waals surface area contributed by atoms with Crippen molar-refractivity contribution in [3.63, 3.8) is 0 Å². The van der Waals surface area contributed by atoms with Gasteiger partial charge in [0, 0.05) is 27.9 Å². The number of alkyl halides is 1. The molecule has 2 nitrogen and oxygen atoms in total. The Morgan fingerprint density at radius 2 is 2.18 bits per heavy atom. The van der Waals surface area contributed by atoms with Crippen molar-refractivity contribution in [1.82, 2.24) is 5.32 Å². The first-order valence-electron chi connectivity index (χ1n) is 5.66. The molecule has 0 aliphatic heterocycles. The van der Waals surface area contributed by atoms with Crippen LogP contribution in [0, 0.1) is 12.3 Å². The highest BCUT2D eigenvalue weighted by Crippen LogP contribution is 2.45. The van der Waals surface area contributed by atoms with E-state index in [0.29, 0.717) is 18.0 Å². The van der Waals surface area contributed by atoms with E-state index in [2.05, 4.69) is 21.2 Å². The smallest absolute Gasteiger partial charge is 0.251 e. The number of carbonyl (C=O) groups excluding carboxylic acids is 1. The third-order valence-corrected chi connectivity index (χ3v) is 4.19. The minimum absolute atomic E-state index is 0.0224. The lowest BCUT2D eigenvalue weighted by atomic mass is 10.1. The summed E-state index contributed by atoms with van der Waals surface area (Å²) in [5.74, 6) is 0.607. The Morgan fingerprint density at radius 3 is 2.71 bits per heavy atom. The number of benzene rings is 1. The molecule has 0 atom stereocenters. The average Bonchev–Trinajstić information content (AvgIpc) is 3.05. The van der Waals surface area contributed by atoms with Crippen LogP contribution >= 0.6 is 27.5 Å². The van der Waals surface area contributed by atoms with Crippen LogP contribution in [0.15, 0.2) is 22.7 Å². The first kappa shape index (κ1) is 12.9. The summed E-state index contributed by atoms with van der Waals surface area (Å²) >= 11 is 9.27. The Morgan fingerprint density at radius 1 is 1.47 bits per heavy atom. The van der Waals surface area contributed by atoms with Gasteiger partial charge in [-0.05, 0) is 43.5 Å². The molecule has 1 fully saturated rings. The van der Waals surface area contributed by atoms with Crippen LogP contribution in [0.5, 0.6) is 0 Å². The topological polar surface area (TPSA) is 29.1 Å². The van der Waals surface area contributed by atoms with Crippen molar-refractivity contribution in [1.29, 1.82) is 0 Å². The van der Waals surface area contributed by atoms with E-state index in [0.717, 1.165) is 22.9 Å². The van der Waals surface area contributed by atoms with Crippen molar-refractivity contribution in [2.24, 2.45) is 5.41 Å². The molecule has 4 heteroatoms. The van der Waals surface area contributed by atoms with Gasteiger partial charge < -0.3 is 5.32 Å². The van der Waals surface area contributed by atoms with Gasteiger partial charge in [-0.1, -0.05) is 15.9 Å². The van der Waals surface area contributed by atoms with Crippen molar-refractivity contribution >= 4 is 33.4 Å². The molecule has 17 heavy (non-hydrogen) atoms. The SMILES string of the molecule is Cc1cc(Br)cc(C(=O)NCC2(CCl)CC2)c1. The van der Waals surface area contributed by atoms with Crippen molar-refractivity contribution in [3.8, 4) is 0 Å². The van der Waals surface area contributed by atoms with Crippen LogP contribution in [0.2, 0.25) is 0 Å². The maximum Gasteiger partial charge on any atom is 0.251 e. The van der Waals surface area contributed by atoms with Crippen LogP contribution in [0.4, 0.5) is 0 Å². The quantitative estimate of drug-likeness (QED) is 0.846. The number of amides is 1. The van der Waals surface area contributed by atoms with Crippen LogP contribution in [-0.4, -0.2) is 18.3 Å². The van der Waals surface area contributed by atoms with E-state index >= 15 is 0 Å². The molecule has 0 bridgehead atoms. The summed E-state index contributed by atoms with van der Waals surface area (Å²) in [7, 11) is 0. The minimum Gasteiger partial charge on any atom is -0.351 e. The van der Waals surface area contributed by atoms with Crippen molar-refractivity contribution in [2.75, 3.05) is 12.4 Å². The number of hydrogen-bond donors (Lipinski definition) is 1. The molecule has 0 radical (unpaired) electrons. The molecule has 1 N–H and O–H groups in total. The molecule has 0 saturated heterocycles. The van der Waals surface area contributed by atoms with Gasteiger partial charge in [0.15, 0.2) is 0 Å². The maximum absolute atomic E-state index is 12.0. The molecule has 0 aromatic heterocycles. The van der Waals surface area contributed by atoms with Gasteiger partial charge in [-0.15, -0.1) is 11.6 Å². The molecule has 0 unspecified atom stereocenters. The summed E-state index contributed by atoms with van der Waals surface area (Å²) < 4.78 is 0.932. The third-order valence-electron chi connectivity index (χ3n) is 3.17. The number of nitrogens with one attached hydrogen (secondary N) is 1. The zero-order chi connectivity index (χ0) is 12.5. The zero-order valence-electron chi connectivity index (χ0n) is 9.72. The van der Waals surface area contributed by atoms with E-state index < -0.39 is 0 Å². The molecule has 0 spiro atoms. The second-order valence-electron chi connectivity index (χ2n) is 4.83. The van der Waals surface area contributed by atoms with Crippen molar-refractivity contribution < 1.29 is 4.79 Å². The second-order valence-corrected chi connectivity index (χ2v) is 6.02. The Bertz CT molecular complexity index is 423. The average molecular weight is 317 g/mol. The first-order valence-corrected chi connectivity index (χ1v) is 6.99. The van der Waals surface area contributed by atoms with Gasteiger partial charge in [0.25, 0.3) is 5.91 Å². The standard InChI is InChI=1S/C13H15BrClNO/c1-9-4-10(6-11(14)5-9)12(17)16-8-13(7-15)2-3-13/h4-6H,2-3,7-8H2,1H3,(H,16,17). The Kier molecular flexibility index (Phi) is 3.79. The highest BCUT2D eigenvalue weighted by molar-refractivity contribution is 9.10. The van der Waals surface area contributed by atoms with Gasteiger partial charge in [0.2, 0.25) is 0 Å². The zero-order valence-corrected chi connectivity index (χ0v) is 12.1.